The zero-order valence-electron chi connectivity index (χ0n) is 14.7. The molecule has 0 aliphatic heterocycles. The molecule has 0 bridgehead atoms. The van der Waals surface area contributed by atoms with Gasteiger partial charge in [0.15, 0.2) is 5.82 Å². The second-order valence-electron chi connectivity index (χ2n) is 6.00. The summed E-state index contributed by atoms with van der Waals surface area (Å²) in [5.74, 6) is 1.22. The van der Waals surface area contributed by atoms with Crippen molar-refractivity contribution in [2.45, 2.75) is 33.7 Å². The Kier molecular flexibility index (Phi) is 4.56. The lowest BCUT2D eigenvalue weighted by molar-refractivity contribution is 0.249. The molecule has 3 aromatic rings. The predicted molar refractivity (Wildman–Crippen MR) is 94.8 cm³/mol. The zero-order valence-corrected chi connectivity index (χ0v) is 14.7. The predicted octanol–water partition coefficient (Wildman–Crippen LogP) is 3.67. The minimum absolute atomic E-state index is 0.220. The Morgan fingerprint density at radius 2 is 1.92 bits per heavy atom. The Balaban J connectivity index is 1.70. The summed E-state index contributed by atoms with van der Waals surface area (Å²) in [6, 6.07) is 9.19. The number of aryl methyl sites for hydroxylation is 3. The lowest BCUT2D eigenvalue weighted by Crippen LogP contribution is -2.32. The summed E-state index contributed by atoms with van der Waals surface area (Å²) in [5.41, 5.74) is 3.48. The number of urea groups is 1. The van der Waals surface area contributed by atoms with E-state index in [1.54, 1.807) is 4.68 Å². The SMILES string of the molecule is Cc1cn(-c2ccccc2)nc1NC(=O)N[C@H](C)c1c(C)noc1C. The molecule has 0 radical (unpaired) electrons. The molecule has 0 aliphatic rings. The number of rotatable bonds is 4. The Morgan fingerprint density at radius 3 is 2.56 bits per heavy atom. The number of hydrogen-bond acceptors (Lipinski definition) is 4. The average molecular weight is 339 g/mol. The molecule has 2 aromatic heterocycles. The molecule has 0 spiro atoms. The summed E-state index contributed by atoms with van der Waals surface area (Å²) >= 11 is 0. The number of nitrogens with zero attached hydrogens (tertiary/aromatic N) is 3. The molecule has 0 unspecified atom stereocenters. The maximum absolute atomic E-state index is 12.3. The Morgan fingerprint density at radius 1 is 1.20 bits per heavy atom. The van der Waals surface area contributed by atoms with Crippen LogP contribution in [0.4, 0.5) is 10.6 Å². The summed E-state index contributed by atoms with van der Waals surface area (Å²) in [7, 11) is 0. The Hall–Kier alpha value is -3.09. The van der Waals surface area contributed by atoms with Gasteiger partial charge in [0.05, 0.1) is 17.4 Å². The van der Waals surface area contributed by atoms with Gasteiger partial charge in [0.2, 0.25) is 0 Å². The van der Waals surface area contributed by atoms with Crippen molar-refractivity contribution in [1.82, 2.24) is 20.3 Å². The van der Waals surface area contributed by atoms with Crippen LogP contribution in [0.15, 0.2) is 41.1 Å². The molecule has 3 rings (SSSR count). The molecular weight excluding hydrogens is 318 g/mol. The fourth-order valence-electron chi connectivity index (χ4n) is 2.82. The van der Waals surface area contributed by atoms with E-state index in [1.165, 1.54) is 0 Å². The van der Waals surface area contributed by atoms with E-state index in [0.29, 0.717) is 11.6 Å². The topological polar surface area (TPSA) is 85.0 Å². The minimum Gasteiger partial charge on any atom is -0.361 e. The van der Waals surface area contributed by atoms with E-state index in [2.05, 4.69) is 20.9 Å². The second-order valence-corrected chi connectivity index (χ2v) is 6.00. The monoisotopic (exact) mass is 339 g/mol. The van der Waals surface area contributed by atoms with Crippen LogP contribution in [0.5, 0.6) is 0 Å². The molecule has 7 heteroatoms. The quantitative estimate of drug-likeness (QED) is 0.759. The van der Waals surface area contributed by atoms with Crippen molar-refractivity contribution in [2.24, 2.45) is 0 Å². The molecule has 25 heavy (non-hydrogen) atoms. The lowest BCUT2D eigenvalue weighted by Gasteiger charge is -2.14. The van der Waals surface area contributed by atoms with E-state index < -0.39 is 0 Å². The van der Waals surface area contributed by atoms with Crippen LogP contribution in [-0.2, 0) is 0 Å². The lowest BCUT2D eigenvalue weighted by atomic mass is 10.1. The van der Waals surface area contributed by atoms with Crippen molar-refractivity contribution >= 4 is 11.8 Å². The third kappa shape index (κ3) is 3.55. The minimum atomic E-state index is -0.325. The van der Waals surface area contributed by atoms with Crippen LogP contribution in [0.2, 0.25) is 0 Å². The number of anilines is 1. The van der Waals surface area contributed by atoms with Crippen LogP contribution < -0.4 is 10.6 Å². The van der Waals surface area contributed by atoms with Crippen molar-refractivity contribution in [3.8, 4) is 5.69 Å². The van der Waals surface area contributed by atoms with E-state index in [9.17, 15) is 4.79 Å². The van der Waals surface area contributed by atoms with Crippen molar-refractivity contribution in [3.05, 3.63) is 59.1 Å². The van der Waals surface area contributed by atoms with Gasteiger partial charge in [0.25, 0.3) is 0 Å². The van der Waals surface area contributed by atoms with Gasteiger partial charge in [-0.2, -0.15) is 0 Å². The highest BCUT2D eigenvalue weighted by atomic mass is 16.5. The first-order chi connectivity index (χ1) is 12.0. The van der Waals surface area contributed by atoms with Crippen LogP contribution in [-0.4, -0.2) is 21.0 Å². The maximum Gasteiger partial charge on any atom is 0.320 e. The molecule has 2 heterocycles. The highest BCUT2D eigenvalue weighted by molar-refractivity contribution is 5.89. The Bertz CT molecular complexity index is 863. The molecule has 1 atom stereocenters. The van der Waals surface area contributed by atoms with Gasteiger partial charge in [-0.05, 0) is 39.8 Å². The molecule has 7 nitrogen and oxygen atoms in total. The first-order valence-electron chi connectivity index (χ1n) is 8.07. The van der Waals surface area contributed by atoms with Gasteiger partial charge >= 0.3 is 6.03 Å². The maximum atomic E-state index is 12.3. The van der Waals surface area contributed by atoms with E-state index in [4.69, 9.17) is 4.52 Å². The van der Waals surface area contributed by atoms with Crippen LogP contribution >= 0.6 is 0 Å². The molecule has 2 amide bonds. The largest absolute Gasteiger partial charge is 0.361 e. The normalized spacial score (nSPS) is 12.0. The van der Waals surface area contributed by atoms with Gasteiger partial charge < -0.3 is 9.84 Å². The van der Waals surface area contributed by atoms with Crippen molar-refractivity contribution in [3.63, 3.8) is 0 Å². The molecular formula is C18H21N5O2. The second kappa shape index (κ2) is 6.80. The number of carbonyl (C=O) groups is 1. The van der Waals surface area contributed by atoms with Crippen molar-refractivity contribution in [2.75, 3.05) is 5.32 Å². The van der Waals surface area contributed by atoms with E-state index in [1.807, 2.05) is 64.2 Å². The zero-order chi connectivity index (χ0) is 18.0. The van der Waals surface area contributed by atoms with Crippen LogP contribution in [0.3, 0.4) is 0 Å². The van der Waals surface area contributed by atoms with Gasteiger partial charge in [-0.3, -0.25) is 5.32 Å². The number of amides is 2. The van der Waals surface area contributed by atoms with Crippen molar-refractivity contribution in [1.29, 1.82) is 0 Å². The van der Waals surface area contributed by atoms with Gasteiger partial charge in [-0.1, -0.05) is 23.4 Å². The molecule has 2 N–H and O–H groups in total. The smallest absolute Gasteiger partial charge is 0.320 e. The summed E-state index contributed by atoms with van der Waals surface area (Å²) in [5, 5.41) is 14.0. The number of aromatic nitrogens is 3. The highest BCUT2D eigenvalue weighted by Gasteiger charge is 2.19. The standard InChI is InChI=1S/C18H21N5O2/c1-11-10-23(15-8-6-5-7-9-15)21-17(11)20-18(24)19-12(2)16-13(3)22-25-14(16)4/h5-10,12H,1-4H3,(H2,19,20,21,24)/t12-/m1/s1. The number of carbonyl (C=O) groups excluding carboxylic acids is 1. The molecule has 0 aliphatic carbocycles. The van der Waals surface area contributed by atoms with Gasteiger partial charge in [0.1, 0.15) is 5.76 Å². The van der Waals surface area contributed by atoms with Crippen LogP contribution in [0.1, 0.15) is 35.5 Å². The molecule has 0 saturated heterocycles. The first kappa shape index (κ1) is 16.8. The van der Waals surface area contributed by atoms with Crippen LogP contribution in [0.25, 0.3) is 5.69 Å². The highest BCUT2D eigenvalue weighted by Crippen LogP contribution is 2.21. The summed E-state index contributed by atoms with van der Waals surface area (Å²) < 4.78 is 6.89. The van der Waals surface area contributed by atoms with Gasteiger partial charge in [0, 0.05) is 17.3 Å². The summed E-state index contributed by atoms with van der Waals surface area (Å²) in [6.45, 7) is 7.48. The van der Waals surface area contributed by atoms with E-state index >= 15 is 0 Å². The van der Waals surface area contributed by atoms with Crippen molar-refractivity contribution < 1.29 is 9.32 Å². The fourth-order valence-corrected chi connectivity index (χ4v) is 2.82. The summed E-state index contributed by atoms with van der Waals surface area (Å²) in [4.78, 5) is 12.3. The first-order valence-corrected chi connectivity index (χ1v) is 8.07. The van der Waals surface area contributed by atoms with E-state index in [0.717, 1.165) is 22.5 Å². The Labute approximate surface area is 146 Å². The third-order valence-corrected chi connectivity index (χ3v) is 4.02. The number of hydrogen-bond donors (Lipinski definition) is 2. The van der Waals surface area contributed by atoms with Gasteiger partial charge in [-0.15, -0.1) is 5.10 Å². The van der Waals surface area contributed by atoms with Gasteiger partial charge in [-0.25, -0.2) is 9.48 Å². The molecule has 0 saturated carbocycles. The molecule has 1 aromatic carbocycles. The van der Waals surface area contributed by atoms with E-state index in [-0.39, 0.29) is 12.1 Å². The third-order valence-electron chi connectivity index (χ3n) is 4.02. The molecule has 0 fully saturated rings. The number of benzene rings is 1. The summed E-state index contributed by atoms with van der Waals surface area (Å²) in [6.07, 6.45) is 1.88. The number of para-hydroxylation sites is 1. The van der Waals surface area contributed by atoms with Crippen LogP contribution in [0, 0.1) is 20.8 Å². The average Bonchev–Trinajstić information content (AvgIpc) is 3.11. The fraction of sp³-hybridized carbons (Fsp3) is 0.278. The molecule has 130 valence electrons. The number of nitrogens with one attached hydrogen (secondary N) is 2.